The minimum atomic E-state index is -0.887. The van der Waals surface area contributed by atoms with Gasteiger partial charge in [0.25, 0.3) is 5.91 Å². The molecule has 2 aromatic heterocycles. The number of carbonyl (C=O) groups is 1. The Bertz CT molecular complexity index is 1350. The molecule has 0 saturated carbocycles. The summed E-state index contributed by atoms with van der Waals surface area (Å²) < 4.78 is 40.5. The Morgan fingerprint density at radius 2 is 2.00 bits per heavy atom. The minimum Gasteiger partial charge on any atom is -0.496 e. The van der Waals surface area contributed by atoms with Crippen molar-refractivity contribution in [2.24, 2.45) is 0 Å². The number of halogens is 3. The van der Waals surface area contributed by atoms with E-state index in [1.165, 1.54) is 4.68 Å². The van der Waals surface area contributed by atoms with E-state index in [0.29, 0.717) is 40.4 Å². The predicted molar refractivity (Wildman–Crippen MR) is 119 cm³/mol. The maximum atomic E-state index is 13.9. The van der Waals surface area contributed by atoms with Crippen LogP contribution in [0.4, 0.5) is 14.5 Å². The van der Waals surface area contributed by atoms with Gasteiger partial charge in [-0.1, -0.05) is 21.1 Å². The Morgan fingerprint density at radius 1 is 1.21 bits per heavy atom. The molecule has 0 aliphatic heterocycles. The van der Waals surface area contributed by atoms with Crippen molar-refractivity contribution in [2.75, 3.05) is 12.4 Å². The highest BCUT2D eigenvalue weighted by Crippen LogP contribution is 2.33. The van der Waals surface area contributed by atoms with Crippen LogP contribution in [0.15, 0.2) is 45.3 Å². The van der Waals surface area contributed by atoms with E-state index in [4.69, 9.17) is 9.15 Å². The fourth-order valence-corrected chi connectivity index (χ4v) is 3.53. The number of benzene rings is 2. The number of nitrogens with zero attached hydrogens (tertiary/aromatic N) is 4. The van der Waals surface area contributed by atoms with Gasteiger partial charge in [0.1, 0.15) is 28.8 Å². The van der Waals surface area contributed by atoms with Crippen LogP contribution >= 0.6 is 15.9 Å². The van der Waals surface area contributed by atoms with Gasteiger partial charge in [-0.25, -0.2) is 18.4 Å². The Hall–Kier alpha value is -3.60. The first-order valence-electron chi connectivity index (χ1n) is 9.73. The van der Waals surface area contributed by atoms with Crippen LogP contribution < -0.4 is 10.1 Å². The predicted octanol–water partition coefficient (Wildman–Crippen LogP) is 4.90. The van der Waals surface area contributed by atoms with E-state index in [1.807, 2.05) is 12.1 Å². The van der Waals surface area contributed by atoms with Crippen molar-refractivity contribution in [1.82, 2.24) is 20.0 Å². The fourth-order valence-electron chi connectivity index (χ4n) is 3.17. The molecule has 4 aromatic rings. The van der Waals surface area contributed by atoms with Crippen molar-refractivity contribution in [3.05, 3.63) is 75.3 Å². The van der Waals surface area contributed by atoms with Gasteiger partial charge in [0.15, 0.2) is 5.69 Å². The van der Waals surface area contributed by atoms with Crippen LogP contribution in [0.2, 0.25) is 0 Å². The SMILES string of the molecule is COc1ccc(Br)cc1-c1nc(Cn2nnc(C(=O)Nc3ccc(F)cc3F)c2C)c(C)o1. The zero-order valence-corrected chi connectivity index (χ0v) is 19.4. The normalized spacial score (nSPS) is 11.0. The van der Waals surface area contributed by atoms with E-state index in [-0.39, 0.29) is 17.9 Å². The van der Waals surface area contributed by atoms with Crippen LogP contribution in [0.3, 0.4) is 0 Å². The second-order valence-corrected chi connectivity index (χ2v) is 8.04. The molecule has 33 heavy (non-hydrogen) atoms. The number of aromatic nitrogens is 4. The molecule has 0 radical (unpaired) electrons. The zero-order chi connectivity index (χ0) is 23.7. The van der Waals surface area contributed by atoms with Crippen LogP contribution in [0, 0.1) is 25.5 Å². The minimum absolute atomic E-state index is 0.00811. The van der Waals surface area contributed by atoms with E-state index in [9.17, 15) is 13.6 Å². The van der Waals surface area contributed by atoms with Gasteiger partial charge in [-0.05, 0) is 44.2 Å². The van der Waals surface area contributed by atoms with Gasteiger partial charge in [0.05, 0.1) is 30.6 Å². The van der Waals surface area contributed by atoms with E-state index < -0.39 is 17.5 Å². The van der Waals surface area contributed by atoms with Crippen molar-refractivity contribution >= 4 is 27.5 Å². The third-order valence-corrected chi connectivity index (χ3v) is 5.45. The van der Waals surface area contributed by atoms with Crippen molar-refractivity contribution in [1.29, 1.82) is 0 Å². The fraction of sp³-hybridized carbons (Fsp3) is 0.182. The average Bonchev–Trinajstić information content (AvgIpc) is 3.33. The van der Waals surface area contributed by atoms with E-state index in [1.54, 1.807) is 27.0 Å². The van der Waals surface area contributed by atoms with Gasteiger partial charge >= 0.3 is 0 Å². The lowest BCUT2D eigenvalue weighted by atomic mass is 10.2. The van der Waals surface area contributed by atoms with Crippen molar-refractivity contribution in [3.8, 4) is 17.2 Å². The molecule has 2 heterocycles. The molecule has 0 aliphatic carbocycles. The molecule has 170 valence electrons. The zero-order valence-electron chi connectivity index (χ0n) is 17.8. The number of ether oxygens (including phenoxy) is 1. The third kappa shape index (κ3) is 4.63. The summed E-state index contributed by atoms with van der Waals surface area (Å²) in [6.07, 6.45) is 0. The van der Waals surface area contributed by atoms with Gasteiger partial charge < -0.3 is 14.5 Å². The third-order valence-electron chi connectivity index (χ3n) is 4.96. The summed E-state index contributed by atoms with van der Waals surface area (Å²) in [6.45, 7) is 3.62. The van der Waals surface area contributed by atoms with Crippen LogP contribution in [0.1, 0.15) is 27.6 Å². The van der Waals surface area contributed by atoms with Gasteiger partial charge in [0.2, 0.25) is 5.89 Å². The maximum Gasteiger partial charge on any atom is 0.278 e. The Morgan fingerprint density at radius 3 is 2.73 bits per heavy atom. The molecule has 1 N–H and O–H groups in total. The quantitative estimate of drug-likeness (QED) is 0.390. The molecule has 0 bridgehead atoms. The highest BCUT2D eigenvalue weighted by atomic mass is 79.9. The Kier molecular flexibility index (Phi) is 6.23. The number of rotatable bonds is 6. The standard InChI is InChI=1S/C22H18BrF2N5O3/c1-11-20(21(31)26-17-6-5-14(24)9-16(17)25)28-29-30(11)10-18-12(2)33-22(27-18)15-8-13(23)4-7-19(15)32-3/h4-9H,10H2,1-3H3,(H,26,31). The van der Waals surface area contributed by atoms with Crippen molar-refractivity contribution in [2.45, 2.75) is 20.4 Å². The number of hydrogen-bond acceptors (Lipinski definition) is 6. The molecule has 0 spiro atoms. The Labute approximate surface area is 195 Å². The van der Waals surface area contributed by atoms with Gasteiger partial charge in [-0.15, -0.1) is 5.10 Å². The summed E-state index contributed by atoms with van der Waals surface area (Å²) in [5, 5.41) is 10.3. The topological polar surface area (TPSA) is 95.1 Å². The lowest BCUT2D eigenvalue weighted by molar-refractivity contribution is 0.102. The molecule has 0 aliphatic rings. The molecule has 1 amide bonds. The summed E-state index contributed by atoms with van der Waals surface area (Å²) >= 11 is 3.43. The Balaban J connectivity index is 1.57. The van der Waals surface area contributed by atoms with E-state index >= 15 is 0 Å². The van der Waals surface area contributed by atoms with Crippen molar-refractivity contribution < 1.29 is 22.7 Å². The van der Waals surface area contributed by atoms with Crippen molar-refractivity contribution in [3.63, 3.8) is 0 Å². The summed E-state index contributed by atoms with van der Waals surface area (Å²) in [4.78, 5) is 17.1. The van der Waals surface area contributed by atoms with Crippen LogP contribution in [0.5, 0.6) is 5.75 Å². The number of anilines is 1. The second kappa shape index (κ2) is 9.10. The molecule has 0 atom stereocenters. The lowest BCUT2D eigenvalue weighted by Gasteiger charge is -2.06. The second-order valence-electron chi connectivity index (χ2n) is 7.13. The van der Waals surface area contributed by atoms with Crippen LogP contribution in [-0.4, -0.2) is 33.0 Å². The van der Waals surface area contributed by atoms with Gasteiger partial charge in [-0.2, -0.15) is 0 Å². The highest BCUT2D eigenvalue weighted by molar-refractivity contribution is 9.10. The smallest absolute Gasteiger partial charge is 0.278 e. The molecule has 11 heteroatoms. The number of amides is 1. The number of aryl methyl sites for hydroxylation is 1. The molecule has 4 rings (SSSR count). The molecule has 8 nitrogen and oxygen atoms in total. The van der Waals surface area contributed by atoms with Crippen LogP contribution in [0.25, 0.3) is 11.5 Å². The molecule has 2 aromatic carbocycles. The maximum absolute atomic E-state index is 13.9. The first kappa shape index (κ1) is 22.6. The van der Waals surface area contributed by atoms with Crippen LogP contribution in [-0.2, 0) is 6.54 Å². The molecule has 0 saturated heterocycles. The van der Waals surface area contributed by atoms with Gasteiger partial charge in [0, 0.05) is 10.5 Å². The average molecular weight is 518 g/mol. The lowest BCUT2D eigenvalue weighted by Crippen LogP contribution is -2.15. The first-order valence-corrected chi connectivity index (χ1v) is 10.5. The van der Waals surface area contributed by atoms with Gasteiger partial charge in [-0.3, -0.25) is 4.79 Å². The van der Waals surface area contributed by atoms with E-state index in [0.717, 1.165) is 16.6 Å². The number of carbonyl (C=O) groups excluding carboxylic acids is 1. The first-order chi connectivity index (χ1) is 15.8. The molecular weight excluding hydrogens is 500 g/mol. The number of oxazole rings is 1. The molecule has 0 unspecified atom stereocenters. The number of hydrogen-bond donors (Lipinski definition) is 1. The summed E-state index contributed by atoms with van der Waals surface area (Å²) in [5.41, 5.74) is 1.57. The largest absolute Gasteiger partial charge is 0.496 e. The van der Waals surface area contributed by atoms with E-state index in [2.05, 4.69) is 36.5 Å². The highest BCUT2D eigenvalue weighted by Gasteiger charge is 2.21. The summed E-state index contributed by atoms with van der Waals surface area (Å²) in [7, 11) is 1.56. The summed E-state index contributed by atoms with van der Waals surface area (Å²) in [5.74, 6) is -0.738. The summed E-state index contributed by atoms with van der Waals surface area (Å²) in [6, 6.07) is 8.36. The monoisotopic (exact) mass is 517 g/mol. The number of nitrogens with one attached hydrogen (secondary N) is 1. The molecular formula is C22H18BrF2N5O3. The number of methoxy groups -OCH3 is 1. The molecule has 0 fully saturated rings.